The normalized spacial score (nSPS) is 15.3. The molecule has 0 spiro atoms. The SMILES string of the molecule is COc1cc(C(c2ccc(-c3ccccc3)cc2)N2CCNCC2)cc(OC)c1OC. The summed E-state index contributed by atoms with van der Waals surface area (Å²) in [5, 5.41) is 3.46. The van der Waals surface area contributed by atoms with Gasteiger partial charge in [-0.25, -0.2) is 0 Å². The largest absolute Gasteiger partial charge is 0.493 e. The third-order valence-corrected chi connectivity index (χ3v) is 5.85. The topological polar surface area (TPSA) is 43.0 Å². The molecule has 1 saturated heterocycles. The molecule has 0 radical (unpaired) electrons. The second-order valence-corrected chi connectivity index (χ2v) is 7.64. The van der Waals surface area contributed by atoms with E-state index in [1.165, 1.54) is 16.7 Å². The third kappa shape index (κ3) is 4.53. The van der Waals surface area contributed by atoms with E-state index < -0.39 is 0 Å². The Hall–Kier alpha value is -3.02. The van der Waals surface area contributed by atoms with Gasteiger partial charge in [-0.3, -0.25) is 4.90 Å². The zero-order valence-corrected chi connectivity index (χ0v) is 18.4. The molecule has 4 rings (SSSR count). The van der Waals surface area contributed by atoms with Crippen LogP contribution in [-0.2, 0) is 0 Å². The summed E-state index contributed by atoms with van der Waals surface area (Å²) in [5.74, 6) is 1.98. The van der Waals surface area contributed by atoms with Gasteiger partial charge < -0.3 is 19.5 Å². The third-order valence-electron chi connectivity index (χ3n) is 5.85. The molecule has 1 aliphatic heterocycles. The molecule has 1 atom stereocenters. The Morgan fingerprint density at radius 2 is 1.29 bits per heavy atom. The standard InChI is InChI=1S/C26H30N2O3/c1-29-23-17-22(18-24(30-2)26(23)31-3)25(28-15-13-27-14-16-28)21-11-9-20(10-12-21)19-7-5-4-6-8-19/h4-12,17-18,25,27H,13-16H2,1-3H3. The van der Waals surface area contributed by atoms with Crippen molar-refractivity contribution in [2.24, 2.45) is 0 Å². The Kier molecular flexibility index (Phi) is 6.75. The highest BCUT2D eigenvalue weighted by Gasteiger charge is 2.26. The molecule has 3 aromatic rings. The van der Waals surface area contributed by atoms with Crippen LogP contribution in [0.4, 0.5) is 0 Å². The molecular weight excluding hydrogens is 388 g/mol. The number of nitrogens with one attached hydrogen (secondary N) is 1. The average Bonchev–Trinajstić information content (AvgIpc) is 2.85. The summed E-state index contributed by atoms with van der Waals surface area (Å²) in [4.78, 5) is 2.51. The summed E-state index contributed by atoms with van der Waals surface area (Å²) in [6.07, 6.45) is 0. The zero-order chi connectivity index (χ0) is 21.6. The lowest BCUT2D eigenvalue weighted by molar-refractivity contribution is 0.197. The van der Waals surface area contributed by atoms with E-state index in [-0.39, 0.29) is 6.04 Å². The fourth-order valence-electron chi connectivity index (χ4n) is 4.30. The molecule has 0 amide bonds. The predicted octanol–water partition coefficient (Wildman–Crippen LogP) is 4.37. The van der Waals surface area contributed by atoms with Crippen molar-refractivity contribution in [3.8, 4) is 28.4 Å². The number of rotatable bonds is 7. The molecule has 31 heavy (non-hydrogen) atoms. The van der Waals surface area contributed by atoms with E-state index in [0.29, 0.717) is 17.2 Å². The molecule has 1 N–H and O–H groups in total. The van der Waals surface area contributed by atoms with E-state index in [9.17, 15) is 0 Å². The van der Waals surface area contributed by atoms with Crippen LogP contribution in [-0.4, -0.2) is 52.4 Å². The van der Waals surface area contributed by atoms with Crippen molar-refractivity contribution in [1.82, 2.24) is 10.2 Å². The second-order valence-electron chi connectivity index (χ2n) is 7.64. The molecule has 1 aliphatic rings. The minimum Gasteiger partial charge on any atom is -0.493 e. The van der Waals surface area contributed by atoms with Gasteiger partial charge in [-0.05, 0) is 34.4 Å². The van der Waals surface area contributed by atoms with E-state index in [1.807, 2.05) is 6.07 Å². The number of hydrogen-bond acceptors (Lipinski definition) is 5. The summed E-state index contributed by atoms with van der Waals surface area (Å²) in [5.41, 5.74) is 4.81. The number of nitrogens with zero attached hydrogens (tertiary/aromatic N) is 1. The van der Waals surface area contributed by atoms with Crippen LogP contribution in [0.1, 0.15) is 17.2 Å². The number of hydrogen-bond donors (Lipinski definition) is 1. The Balaban J connectivity index is 1.77. The van der Waals surface area contributed by atoms with Gasteiger partial charge in [0.2, 0.25) is 5.75 Å². The highest BCUT2D eigenvalue weighted by Crippen LogP contribution is 2.42. The minimum absolute atomic E-state index is 0.0978. The average molecular weight is 419 g/mol. The summed E-state index contributed by atoms with van der Waals surface area (Å²) in [7, 11) is 4.96. The lowest BCUT2D eigenvalue weighted by Crippen LogP contribution is -2.45. The second kappa shape index (κ2) is 9.86. The van der Waals surface area contributed by atoms with Gasteiger partial charge in [-0.15, -0.1) is 0 Å². The number of benzene rings is 3. The molecule has 162 valence electrons. The zero-order valence-electron chi connectivity index (χ0n) is 18.4. The molecule has 1 fully saturated rings. The quantitative estimate of drug-likeness (QED) is 0.617. The van der Waals surface area contributed by atoms with E-state index >= 15 is 0 Å². The first-order valence-electron chi connectivity index (χ1n) is 10.6. The van der Waals surface area contributed by atoms with E-state index in [4.69, 9.17) is 14.2 Å². The summed E-state index contributed by atoms with van der Waals surface area (Å²) < 4.78 is 16.8. The van der Waals surface area contributed by atoms with E-state index in [2.05, 4.69) is 70.9 Å². The van der Waals surface area contributed by atoms with Crippen molar-refractivity contribution in [2.75, 3.05) is 47.5 Å². The van der Waals surface area contributed by atoms with Gasteiger partial charge >= 0.3 is 0 Å². The number of methoxy groups -OCH3 is 3. The van der Waals surface area contributed by atoms with E-state index in [1.54, 1.807) is 21.3 Å². The molecule has 0 saturated carbocycles. The van der Waals surface area contributed by atoms with Crippen molar-refractivity contribution >= 4 is 0 Å². The van der Waals surface area contributed by atoms with Gasteiger partial charge in [-0.1, -0.05) is 54.6 Å². The first-order chi connectivity index (χ1) is 15.2. The lowest BCUT2D eigenvalue weighted by atomic mass is 9.94. The molecule has 0 bridgehead atoms. The van der Waals surface area contributed by atoms with Crippen molar-refractivity contribution in [2.45, 2.75) is 6.04 Å². The Bertz CT molecular complexity index is 958. The monoisotopic (exact) mass is 418 g/mol. The van der Waals surface area contributed by atoms with Crippen LogP contribution in [0.15, 0.2) is 66.7 Å². The van der Waals surface area contributed by atoms with Crippen molar-refractivity contribution < 1.29 is 14.2 Å². The molecule has 1 heterocycles. The molecule has 5 heteroatoms. The highest BCUT2D eigenvalue weighted by atomic mass is 16.5. The van der Waals surface area contributed by atoms with Crippen LogP contribution in [0.2, 0.25) is 0 Å². The Morgan fingerprint density at radius 1 is 0.710 bits per heavy atom. The van der Waals surface area contributed by atoms with Crippen molar-refractivity contribution in [3.63, 3.8) is 0 Å². The maximum Gasteiger partial charge on any atom is 0.203 e. The fourth-order valence-corrected chi connectivity index (χ4v) is 4.30. The molecule has 0 aliphatic carbocycles. The van der Waals surface area contributed by atoms with Crippen LogP contribution in [0.5, 0.6) is 17.2 Å². The smallest absolute Gasteiger partial charge is 0.203 e. The summed E-state index contributed by atoms with van der Waals surface area (Å²) >= 11 is 0. The highest BCUT2D eigenvalue weighted by molar-refractivity contribution is 5.64. The molecular formula is C26H30N2O3. The van der Waals surface area contributed by atoms with Crippen molar-refractivity contribution in [3.05, 3.63) is 77.9 Å². The van der Waals surface area contributed by atoms with Crippen molar-refractivity contribution in [1.29, 1.82) is 0 Å². The minimum atomic E-state index is 0.0978. The first kappa shape index (κ1) is 21.2. The van der Waals surface area contributed by atoms with Gasteiger partial charge in [0.15, 0.2) is 11.5 Å². The summed E-state index contributed by atoms with van der Waals surface area (Å²) in [6.45, 7) is 3.90. The molecule has 3 aromatic carbocycles. The lowest BCUT2D eigenvalue weighted by Gasteiger charge is -2.36. The van der Waals surface area contributed by atoms with Crippen LogP contribution >= 0.6 is 0 Å². The van der Waals surface area contributed by atoms with Crippen LogP contribution in [0, 0.1) is 0 Å². The molecule has 1 unspecified atom stereocenters. The van der Waals surface area contributed by atoms with Crippen LogP contribution < -0.4 is 19.5 Å². The Morgan fingerprint density at radius 3 is 1.84 bits per heavy atom. The van der Waals surface area contributed by atoms with Gasteiger partial charge in [0.25, 0.3) is 0 Å². The molecule has 0 aromatic heterocycles. The maximum atomic E-state index is 5.63. The van der Waals surface area contributed by atoms with Gasteiger partial charge in [-0.2, -0.15) is 0 Å². The number of piperazine rings is 1. The first-order valence-corrected chi connectivity index (χ1v) is 10.6. The fraction of sp³-hybridized carbons (Fsp3) is 0.308. The van der Waals surface area contributed by atoms with Gasteiger partial charge in [0.1, 0.15) is 0 Å². The van der Waals surface area contributed by atoms with Crippen LogP contribution in [0.3, 0.4) is 0 Å². The number of ether oxygens (including phenoxy) is 3. The summed E-state index contributed by atoms with van der Waals surface area (Å²) in [6, 6.07) is 23.6. The molecule has 5 nitrogen and oxygen atoms in total. The van der Waals surface area contributed by atoms with Gasteiger partial charge in [0.05, 0.1) is 27.4 Å². The van der Waals surface area contributed by atoms with Gasteiger partial charge in [0, 0.05) is 26.2 Å². The Labute approximate surface area is 184 Å². The predicted molar refractivity (Wildman–Crippen MR) is 124 cm³/mol. The van der Waals surface area contributed by atoms with E-state index in [0.717, 1.165) is 31.7 Å². The maximum absolute atomic E-state index is 5.63. The van der Waals surface area contributed by atoms with Crippen LogP contribution in [0.25, 0.3) is 11.1 Å².